The van der Waals surface area contributed by atoms with E-state index < -0.39 is 0 Å². The van der Waals surface area contributed by atoms with Crippen LogP contribution < -0.4 is 5.32 Å². The van der Waals surface area contributed by atoms with Gasteiger partial charge in [-0.15, -0.1) is 0 Å². The molecular weight excluding hydrogens is 170 g/mol. The van der Waals surface area contributed by atoms with Crippen molar-refractivity contribution in [3.8, 4) is 11.8 Å². The molecule has 0 radical (unpaired) electrons. The second-order valence-corrected chi connectivity index (χ2v) is 3.36. The molecule has 74 valence electrons. The predicted octanol–water partition coefficient (Wildman–Crippen LogP) is 2.43. The molecule has 1 aromatic carbocycles. The highest BCUT2D eigenvalue weighted by Gasteiger charge is 1.92. The lowest BCUT2D eigenvalue weighted by molar-refractivity contribution is 0.571. The first-order chi connectivity index (χ1) is 6.83. The van der Waals surface area contributed by atoms with Gasteiger partial charge in [-0.1, -0.05) is 37.0 Å². The molecule has 0 heterocycles. The minimum Gasteiger partial charge on any atom is -0.304 e. The summed E-state index contributed by atoms with van der Waals surface area (Å²) in [5.41, 5.74) is 1.08. The first kappa shape index (κ1) is 10.8. The fraction of sp³-hybridized carbons (Fsp3) is 0.385. The Hall–Kier alpha value is -1.26. The van der Waals surface area contributed by atoms with E-state index in [-0.39, 0.29) is 0 Å². The number of hydrogen-bond acceptors (Lipinski definition) is 1. The van der Waals surface area contributed by atoms with Crippen molar-refractivity contribution in [1.82, 2.24) is 5.32 Å². The summed E-state index contributed by atoms with van der Waals surface area (Å²) in [4.78, 5) is 0. The third-order valence-corrected chi connectivity index (χ3v) is 2.16. The standard InChI is InChI=1S/C13H17N/c1-3-12(2)14-11-7-10-13-8-5-4-6-9-13/h4-6,8-9,12,14H,3,11H2,1-2H3. The highest BCUT2D eigenvalue weighted by Crippen LogP contribution is 1.94. The Morgan fingerprint density at radius 3 is 2.64 bits per heavy atom. The zero-order valence-corrected chi connectivity index (χ0v) is 8.88. The van der Waals surface area contributed by atoms with Crippen LogP contribution in [-0.2, 0) is 0 Å². The molecule has 1 atom stereocenters. The molecule has 0 saturated carbocycles. The summed E-state index contributed by atoms with van der Waals surface area (Å²) in [6.07, 6.45) is 1.15. The van der Waals surface area contributed by atoms with Crippen molar-refractivity contribution in [1.29, 1.82) is 0 Å². The molecule has 1 unspecified atom stereocenters. The van der Waals surface area contributed by atoms with E-state index in [0.717, 1.165) is 18.5 Å². The quantitative estimate of drug-likeness (QED) is 0.717. The van der Waals surface area contributed by atoms with E-state index in [9.17, 15) is 0 Å². The number of hydrogen-bond donors (Lipinski definition) is 1. The molecule has 14 heavy (non-hydrogen) atoms. The van der Waals surface area contributed by atoms with Crippen molar-refractivity contribution in [3.05, 3.63) is 35.9 Å². The van der Waals surface area contributed by atoms with Crippen LogP contribution in [0, 0.1) is 11.8 Å². The zero-order chi connectivity index (χ0) is 10.2. The first-order valence-electron chi connectivity index (χ1n) is 5.10. The maximum Gasteiger partial charge on any atom is 0.0582 e. The van der Waals surface area contributed by atoms with Gasteiger partial charge in [0.1, 0.15) is 0 Å². The molecule has 0 saturated heterocycles. The van der Waals surface area contributed by atoms with E-state index in [0.29, 0.717) is 6.04 Å². The molecule has 1 rings (SSSR count). The number of rotatable bonds is 3. The van der Waals surface area contributed by atoms with Crippen LogP contribution in [0.2, 0.25) is 0 Å². The van der Waals surface area contributed by atoms with Crippen LogP contribution in [0.15, 0.2) is 30.3 Å². The SMILES string of the molecule is CCC(C)NCC#Cc1ccccc1. The fourth-order valence-electron chi connectivity index (χ4n) is 1.04. The monoisotopic (exact) mass is 187 g/mol. The van der Waals surface area contributed by atoms with Gasteiger partial charge in [0.05, 0.1) is 6.54 Å². The van der Waals surface area contributed by atoms with Crippen LogP contribution in [-0.4, -0.2) is 12.6 Å². The molecule has 1 N–H and O–H groups in total. The highest BCUT2D eigenvalue weighted by atomic mass is 14.9. The summed E-state index contributed by atoms with van der Waals surface area (Å²) in [5, 5.41) is 3.33. The van der Waals surface area contributed by atoms with Crippen molar-refractivity contribution in [2.24, 2.45) is 0 Å². The molecule has 0 aliphatic heterocycles. The van der Waals surface area contributed by atoms with Gasteiger partial charge < -0.3 is 5.32 Å². The third-order valence-electron chi connectivity index (χ3n) is 2.16. The summed E-state index contributed by atoms with van der Waals surface area (Å²) in [7, 11) is 0. The summed E-state index contributed by atoms with van der Waals surface area (Å²) in [6, 6.07) is 10.6. The molecular formula is C13H17N. The Morgan fingerprint density at radius 2 is 2.00 bits per heavy atom. The van der Waals surface area contributed by atoms with Gasteiger partial charge in [0.25, 0.3) is 0 Å². The Balaban J connectivity index is 2.34. The molecule has 0 aliphatic rings. The van der Waals surface area contributed by atoms with Crippen molar-refractivity contribution in [3.63, 3.8) is 0 Å². The zero-order valence-electron chi connectivity index (χ0n) is 8.88. The molecule has 1 heteroatoms. The summed E-state index contributed by atoms with van der Waals surface area (Å²) >= 11 is 0. The minimum atomic E-state index is 0.556. The largest absolute Gasteiger partial charge is 0.304 e. The lowest BCUT2D eigenvalue weighted by Crippen LogP contribution is -2.25. The molecule has 0 bridgehead atoms. The lowest BCUT2D eigenvalue weighted by Gasteiger charge is -2.06. The van der Waals surface area contributed by atoms with Gasteiger partial charge in [0, 0.05) is 11.6 Å². The van der Waals surface area contributed by atoms with E-state index in [1.165, 1.54) is 0 Å². The van der Waals surface area contributed by atoms with E-state index >= 15 is 0 Å². The van der Waals surface area contributed by atoms with Gasteiger partial charge >= 0.3 is 0 Å². The molecule has 1 aromatic rings. The van der Waals surface area contributed by atoms with Gasteiger partial charge in [-0.25, -0.2) is 0 Å². The van der Waals surface area contributed by atoms with Gasteiger partial charge in [0.15, 0.2) is 0 Å². The first-order valence-corrected chi connectivity index (χ1v) is 5.10. The van der Waals surface area contributed by atoms with Crippen LogP contribution >= 0.6 is 0 Å². The van der Waals surface area contributed by atoms with Crippen molar-refractivity contribution >= 4 is 0 Å². The van der Waals surface area contributed by atoms with Gasteiger partial charge in [-0.05, 0) is 25.5 Å². The smallest absolute Gasteiger partial charge is 0.0582 e. The molecule has 1 nitrogen and oxygen atoms in total. The normalized spacial score (nSPS) is 11.6. The lowest BCUT2D eigenvalue weighted by atomic mass is 10.2. The van der Waals surface area contributed by atoms with Gasteiger partial charge in [-0.2, -0.15) is 0 Å². The average Bonchev–Trinajstić information content (AvgIpc) is 2.25. The van der Waals surface area contributed by atoms with Gasteiger partial charge in [-0.3, -0.25) is 0 Å². The molecule has 0 aliphatic carbocycles. The van der Waals surface area contributed by atoms with Crippen LogP contribution in [0.25, 0.3) is 0 Å². The maximum atomic E-state index is 3.33. The Morgan fingerprint density at radius 1 is 1.29 bits per heavy atom. The number of nitrogens with one attached hydrogen (secondary N) is 1. The molecule has 0 spiro atoms. The van der Waals surface area contributed by atoms with E-state index in [1.54, 1.807) is 0 Å². The summed E-state index contributed by atoms with van der Waals surface area (Å²) in [6.45, 7) is 5.11. The van der Waals surface area contributed by atoms with E-state index in [1.807, 2.05) is 30.3 Å². The second-order valence-electron chi connectivity index (χ2n) is 3.36. The number of benzene rings is 1. The predicted molar refractivity (Wildman–Crippen MR) is 61.1 cm³/mol. The van der Waals surface area contributed by atoms with Crippen molar-refractivity contribution in [2.45, 2.75) is 26.3 Å². The Kier molecular flexibility index (Phi) is 4.82. The molecule has 0 amide bonds. The fourth-order valence-corrected chi connectivity index (χ4v) is 1.04. The summed E-state index contributed by atoms with van der Waals surface area (Å²) in [5.74, 6) is 6.22. The van der Waals surface area contributed by atoms with E-state index in [4.69, 9.17) is 0 Å². The molecule has 0 fully saturated rings. The van der Waals surface area contributed by atoms with Gasteiger partial charge in [0.2, 0.25) is 0 Å². The topological polar surface area (TPSA) is 12.0 Å². The van der Waals surface area contributed by atoms with Crippen LogP contribution in [0.4, 0.5) is 0 Å². The van der Waals surface area contributed by atoms with Crippen LogP contribution in [0.1, 0.15) is 25.8 Å². The minimum absolute atomic E-state index is 0.556. The van der Waals surface area contributed by atoms with Crippen molar-refractivity contribution in [2.75, 3.05) is 6.54 Å². The van der Waals surface area contributed by atoms with Crippen LogP contribution in [0.5, 0.6) is 0 Å². The summed E-state index contributed by atoms with van der Waals surface area (Å²) < 4.78 is 0. The third kappa shape index (κ3) is 4.11. The Bertz CT molecular complexity index is 305. The average molecular weight is 187 g/mol. The van der Waals surface area contributed by atoms with Crippen molar-refractivity contribution < 1.29 is 0 Å². The van der Waals surface area contributed by atoms with E-state index in [2.05, 4.69) is 31.0 Å². The second kappa shape index (κ2) is 6.23. The maximum absolute atomic E-state index is 3.33. The molecule has 0 aromatic heterocycles. The van der Waals surface area contributed by atoms with Crippen LogP contribution in [0.3, 0.4) is 0 Å². The highest BCUT2D eigenvalue weighted by molar-refractivity contribution is 5.33. The Labute approximate surface area is 86.5 Å².